The average Bonchev–Trinajstić information content (AvgIpc) is 2.82. The van der Waals surface area contributed by atoms with E-state index >= 15 is 0 Å². The lowest BCUT2D eigenvalue weighted by atomic mass is 10.2. The summed E-state index contributed by atoms with van der Waals surface area (Å²) in [7, 11) is 0. The molecular weight excluding hydrogens is 316 g/mol. The summed E-state index contributed by atoms with van der Waals surface area (Å²) in [6.45, 7) is 5.30. The van der Waals surface area contributed by atoms with Crippen LogP contribution in [0.4, 0.5) is 0 Å². The number of carbonyl (C=O) groups excluding carboxylic acids is 1. The summed E-state index contributed by atoms with van der Waals surface area (Å²) in [5, 5.41) is 3.20. The molecule has 1 saturated heterocycles. The molecule has 0 aromatic carbocycles. The van der Waals surface area contributed by atoms with Crippen LogP contribution in [-0.4, -0.2) is 43.2 Å². The SMILES string of the molecule is CCN(Cc1ccc(Br)s1)C(=O)C1COCCN1. The predicted molar refractivity (Wildman–Crippen MR) is 75.7 cm³/mol. The maximum atomic E-state index is 12.3. The Morgan fingerprint density at radius 1 is 1.67 bits per heavy atom. The molecule has 6 heteroatoms. The lowest BCUT2D eigenvalue weighted by Crippen LogP contribution is -2.52. The molecule has 1 aliphatic rings. The summed E-state index contributed by atoms with van der Waals surface area (Å²) >= 11 is 5.11. The molecule has 18 heavy (non-hydrogen) atoms. The van der Waals surface area contributed by atoms with Crippen LogP contribution < -0.4 is 5.32 Å². The predicted octanol–water partition coefficient (Wildman–Crippen LogP) is 1.85. The third-order valence-corrected chi connectivity index (χ3v) is 4.50. The van der Waals surface area contributed by atoms with Crippen molar-refractivity contribution in [2.24, 2.45) is 0 Å². The largest absolute Gasteiger partial charge is 0.378 e. The number of hydrogen-bond acceptors (Lipinski definition) is 4. The molecule has 1 amide bonds. The second-order valence-corrected chi connectivity index (χ2v) is 6.69. The van der Waals surface area contributed by atoms with Crippen molar-refractivity contribution in [3.8, 4) is 0 Å². The highest BCUT2D eigenvalue weighted by Gasteiger charge is 2.25. The lowest BCUT2D eigenvalue weighted by molar-refractivity contribution is -0.136. The van der Waals surface area contributed by atoms with E-state index in [-0.39, 0.29) is 11.9 Å². The zero-order valence-electron chi connectivity index (χ0n) is 10.3. The number of hydrogen-bond donors (Lipinski definition) is 1. The minimum absolute atomic E-state index is 0.127. The summed E-state index contributed by atoms with van der Waals surface area (Å²) in [5.41, 5.74) is 0. The molecule has 100 valence electrons. The number of ether oxygens (including phenoxy) is 1. The number of thiophene rings is 1. The molecule has 0 spiro atoms. The van der Waals surface area contributed by atoms with Gasteiger partial charge in [0.2, 0.25) is 5.91 Å². The van der Waals surface area contributed by atoms with Gasteiger partial charge in [-0.3, -0.25) is 4.79 Å². The quantitative estimate of drug-likeness (QED) is 0.914. The number of halogens is 1. The number of carbonyl (C=O) groups is 1. The summed E-state index contributed by atoms with van der Waals surface area (Å²) in [6.07, 6.45) is 0. The van der Waals surface area contributed by atoms with Crippen LogP contribution in [0.5, 0.6) is 0 Å². The van der Waals surface area contributed by atoms with E-state index in [1.807, 2.05) is 17.9 Å². The van der Waals surface area contributed by atoms with E-state index in [9.17, 15) is 4.79 Å². The lowest BCUT2D eigenvalue weighted by Gasteiger charge is -2.29. The molecule has 1 aromatic rings. The summed E-state index contributed by atoms with van der Waals surface area (Å²) < 4.78 is 6.43. The Balaban J connectivity index is 1.96. The molecule has 2 heterocycles. The van der Waals surface area contributed by atoms with Gasteiger partial charge in [0.25, 0.3) is 0 Å². The van der Waals surface area contributed by atoms with Crippen molar-refractivity contribution in [1.82, 2.24) is 10.2 Å². The molecule has 0 saturated carbocycles. The average molecular weight is 333 g/mol. The number of morpholine rings is 1. The van der Waals surface area contributed by atoms with Crippen molar-refractivity contribution >= 4 is 33.2 Å². The van der Waals surface area contributed by atoms with E-state index in [2.05, 4.69) is 27.3 Å². The number of nitrogens with zero attached hydrogens (tertiary/aromatic N) is 1. The molecule has 1 aromatic heterocycles. The smallest absolute Gasteiger partial charge is 0.242 e. The minimum Gasteiger partial charge on any atom is -0.378 e. The topological polar surface area (TPSA) is 41.6 Å². The first-order valence-electron chi connectivity index (χ1n) is 6.05. The second-order valence-electron chi connectivity index (χ2n) is 4.14. The highest BCUT2D eigenvalue weighted by Crippen LogP contribution is 2.23. The molecule has 1 fully saturated rings. The van der Waals surface area contributed by atoms with Crippen LogP contribution in [0.1, 0.15) is 11.8 Å². The molecule has 0 bridgehead atoms. The van der Waals surface area contributed by atoms with Gasteiger partial charge in [-0.15, -0.1) is 11.3 Å². The van der Waals surface area contributed by atoms with Crippen molar-refractivity contribution in [3.05, 3.63) is 20.8 Å². The Bertz CT molecular complexity index is 405. The number of amides is 1. The Morgan fingerprint density at radius 3 is 3.06 bits per heavy atom. The van der Waals surface area contributed by atoms with Crippen LogP contribution in [0.25, 0.3) is 0 Å². The highest BCUT2D eigenvalue weighted by atomic mass is 79.9. The molecule has 1 atom stereocenters. The van der Waals surface area contributed by atoms with Gasteiger partial charge in [-0.25, -0.2) is 0 Å². The zero-order valence-corrected chi connectivity index (χ0v) is 12.7. The third kappa shape index (κ3) is 3.54. The van der Waals surface area contributed by atoms with Crippen LogP contribution in [0, 0.1) is 0 Å². The van der Waals surface area contributed by atoms with Crippen LogP contribution >= 0.6 is 27.3 Å². The van der Waals surface area contributed by atoms with Gasteiger partial charge >= 0.3 is 0 Å². The van der Waals surface area contributed by atoms with Gasteiger partial charge in [-0.1, -0.05) is 0 Å². The Kier molecular flexibility index (Phi) is 5.17. The first kappa shape index (κ1) is 14.0. The fourth-order valence-electron chi connectivity index (χ4n) is 1.91. The number of rotatable bonds is 4. The van der Waals surface area contributed by atoms with E-state index in [0.717, 1.165) is 10.3 Å². The van der Waals surface area contributed by atoms with Crippen molar-refractivity contribution in [3.63, 3.8) is 0 Å². The third-order valence-electron chi connectivity index (χ3n) is 2.89. The molecule has 1 N–H and O–H groups in total. The summed E-state index contributed by atoms with van der Waals surface area (Å²) in [5.74, 6) is 0.127. The van der Waals surface area contributed by atoms with Gasteiger partial charge in [-0.05, 0) is 35.0 Å². The van der Waals surface area contributed by atoms with Crippen molar-refractivity contribution in [1.29, 1.82) is 0 Å². The Morgan fingerprint density at radius 2 is 2.50 bits per heavy atom. The normalized spacial score (nSPS) is 19.8. The fraction of sp³-hybridized carbons (Fsp3) is 0.583. The number of likely N-dealkylation sites (N-methyl/N-ethyl adjacent to an activating group) is 1. The van der Waals surface area contributed by atoms with E-state index in [1.54, 1.807) is 11.3 Å². The minimum atomic E-state index is -0.192. The second kappa shape index (κ2) is 6.65. The fourth-order valence-corrected chi connectivity index (χ4v) is 3.41. The van der Waals surface area contributed by atoms with E-state index in [4.69, 9.17) is 4.74 Å². The Labute approximate surface area is 119 Å². The first-order chi connectivity index (χ1) is 8.70. The van der Waals surface area contributed by atoms with Gasteiger partial charge in [0.1, 0.15) is 6.04 Å². The van der Waals surface area contributed by atoms with E-state index in [1.165, 1.54) is 4.88 Å². The van der Waals surface area contributed by atoms with Gasteiger partial charge < -0.3 is 15.0 Å². The maximum Gasteiger partial charge on any atom is 0.242 e. The molecule has 1 unspecified atom stereocenters. The van der Waals surface area contributed by atoms with Crippen LogP contribution in [0.2, 0.25) is 0 Å². The standard InChI is InChI=1S/C12H17BrN2O2S/c1-2-15(7-9-3-4-11(13)18-9)12(16)10-8-17-6-5-14-10/h3-4,10,14H,2,5-8H2,1H3. The van der Waals surface area contributed by atoms with E-state index < -0.39 is 0 Å². The van der Waals surface area contributed by atoms with Crippen molar-refractivity contribution < 1.29 is 9.53 Å². The number of nitrogens with one attached hydrogen (secondary N) is 1. The zero-order chi connectivity index (χ0) is 13.0. The molecule has 1 aliphatic heterocycles. The summed E-state index contributed by atoms with van der Waals surface area (Å²) in [4.78, 5) is 15.4. The van der Waals surface area contributed by atoms with Crippen LogP contribution in [-0.2, 0) is 16.1 Å². The van der Waals surface area contributed by atoms with Gasteiger partial charge in [0.05, 0.1) is 23.5 Å². The molecule has 0 aliphatic carbocycles. The summed E-state index contributed by atoms with van der Waals surface area (Å²) in [6, 6.07) is 3.87. The molecule has 2 rings (SSSR count). The monoisotopic (exact) mass is 332 g/mol. The first-order valence-corrected chi connectivity index (χ1v) is 7.65. The highest BCUT2D eigenvalue weighted by molar-refractivity contribution is 9.11. The van der Waals surface area contributed by atoms with Gasteiger partial charge in [0, 0.05) is 18.0 Å². The molecule has 0 radical (unpaired) electrons. The van der Waals surface area contributed by atoms with Crippen LogP contribution in [0.15, 0.2) is 15.9 Å². The molecule has 4 nitrogen and oxygen atoms in total. The van der Waals surface area contributed by atoms with E-state index in [0.29, 0.717) is 26.3 Å². The maximum absolute atomic E-state index is 12.3. The van der Waals surface area contributed by atoms with Crippen molar-refractivity contribution in [2.45, 2.75) is 19.5 Å². The van der Waals surface area contributed by atoms with Gasteiger partial charge in [0.15, 0.2) is 0 Å². The van der Waals surface area contributed by atoms with Gasteiger partial charge in [-0.2, -0.15) is 0 Å². The molecular formula is C12H17BrN2O2S. The van der Waals surface area contributed by atoms with Crippen molar-refractivity contribution in [2.75, 3.05) is 26.3 Å². The van der Waals surface area contributed by atoms with Crippen LogP contribution in [0.3, 0.4) is 0 Å². The Hall–Kier alpha value is -0.430.